The number of nitriles is 1. The van der Waals surface area contributed by atoms with E-state index in [2.05, 4.69) is 0 Å². The summed E-state index contributed by atoms with van der Waals surface area (Å²) in [5.41, 5.74) is -3.15. The first kappa shape index (κ1) is 37.2. The third kappa shape index (κ3) is 6.58. The first-order valence-electron chi connectivity index (χ1n) is 18.6. The van der Waals surface area contributed by atoms with Crippen LogP contribution in [0.5, 0.6) is 0 Å². The first-order chi connectivity index (χ1) is 25.3. The van der Waals surface area contributed by atoms with E-state index in [4.69, 9.17) is 18.9 Å². The van der Waals surface area contributed by atoms with Gasteiger partial charge in [-0.2, -0.15) is 9.57 Å². The van der Waals surface area contributed by atoms with Crippen molar-refractivity contribution in [1.29, 1.82) is 5.26 Å². The average Bonchev–Trinajstić information content (AvgIpc) is 3.53. The molecular formula is C40H47N3O9S. The van der Waals surface area contributed by atoms with Gasteiger partial charge in [-0.05, 0) is 67.0 Å². The van der Waals surface area contributed by atoms with E-state index in [1.807, 2.05) is 44.2 Å². The molecule has 2 aromatic carbocycles. The Kier molecular flexibility index (Phi) is 9.81. The fourth-order valence-corrected chi connectivity index (χ4v) is 10.3. The minimum absolute atomic E-state index is 0.0523. The molecule has 3 aromatic rings. The maximum Gasteiger partial charge on any atom is 0.355 e. The Balaban J connectivity index is 1.29. The first-order valence-corrected chi connectivity index (χ1v) is 20.1. The van der Waals surface area contributed by atoms with Crippen molar-refractivity contribution < 1.29 is 37.0 Å². The topological polar surface area (TPSA) is 154 Å². The lowest BCUT2D eigenvalue weighted by molar-refractivity contribution is -0.296. The lowest BCUT2D eigenvalue weighted by Crippen LogP contribution is -2.56. The van der Waals surface area contributed by atoms with Crippen LogP contribution in [0.3, 0.4) is 0 Å². The zero-order chi connectivity index (χ0) is 37.8. The minimum Gasteiger partial charge on any atom is -0.463 e. The van der Waals surface area contributed by atoms with E-state index in [9.17, 15) is 28.1 Å². The number of carbonyl (C=O) groups excluding carboxylic acids is 2. The molecule has 4 atom stereocenters. The summed E-state index contributed by atoms with van der Waals surface area (Å²) in [5, 5.41) is 12.1. The number of pyridine rings is 1. The smallest absolute Gasteiger partial charge is 0.355 e. The monoisotopic (exact) mass is 745 g/mol. The normalized spacial score (nSPS) is 24.8. The summed E-state index contributed by atoms with van der Waals surface area (Å²) in [5.74, 6) is -2.87. The van der Waals surface area contributed by atoms with Crippen LogP contribution in [0, 0.1) is 28.6 Å². The van der Waals surface area contributed by atoms with Gasteiger partial charge in [0.1, 0.15) is 17.7 Å². The molecular weight excluding hydrogens is 699 g/mol. The number of piperidine rings is 1. The van der Waals surface area contributed by atoms with E-state index in [1.165, 1.54) is 14.9 Å². The quantitative estimate of drug-likeness (QED) is 0.282. The molecule has 0 amide bonds. The van der Waals surface area contributed by atoms with E-state index in [-0.39, 0.29) is 72.2 Å². The second-order valence-electron chi connectivity index (χ2n) is 15.7. The predicted octanol–water partition coefficient (Wildman–Crippen LogP) is 5.18. The second-order valence-corrected chi connectivity index (χ2v) is 17.6. The minimum atomic E-state index is -4.22. The molecule has 53 heavy (non-hydrogen) atoms. The molecule has 1 spiro atoms. The van der Waals surface area contributed by atoms with Crippen molar-refractivity contribution in [2.75, 3.05) is 26.4 Å². The Morgan fingerprint density at radius 1 is 1.02 bits per heavy atom. The fourth-order valence-electron chi connectivity index (χ4n) is 8.59. The van der Waals surface area contributed by atoms with Crippen LogP contribution in [0.15, 0.2) is 58.2 Å². The molecule has 3 fully saturated rings. The molecule has 4 aliphatic rings. The number of hydrogen-bond acceptors (Lipinski definition) is 10. The number of rotatable bonds is 8. The Morgan fingerprint density at radius 3 is 2.40 bits per heavy atom. The van der Waals surface area contributed by atoms with Gasteiger partial charge in [0.05, 0.1) is 31.3 Å². The summed E-state index contributed by atoms with van der Waals surface area (Å²) in [4.78, 5) is 42.9. The number of nitrogens with zero attached hydrogens (tertiary/aromatic N) is 3. The summed E-state index contributed by atoms with van der Waals surface area (Å²) >= 11 is 0. The lowest BCUT2D eigenvalue weighted by atomic mass is 9.73. The summed E-state index contributed by atoms with van der Waals surface area (Å²) in [6.07, 6.45) is 3.83. The third-order valence-electron chi connectivity index (χ3n) is 11.6. The Hall–Kier alpha value is -4.09. The van der Waals surface area contributed by atoms with Gasteiger partial charge in [0, 0.05) is 29.6 Å². The fraction of sp³-hybridized carbons (Fsp3) is 0.550. The van der Waals surface area contributed by atoms with Crippen molar-refractivity contribution in [1.82, 2.24) is 8.87 Å². The Bertz CT molecular complexity index is 2150. The number of aromatic nitrogens is 1. The standard InChI is InChI=1S/C40H47N3O9S/c1-5-40(37(46)49-6-2,33-19-30-20-39(50-24-38(3,4)25-51-39)23-42(30)35(44)32(33)21-41)52-36(45)34-18-28-13-9-10-14-29(28)22-43(34)53(47,48)31-16-15-26-11-7-8-12-27(26)17-31/h7-8,11-12,15-17,19,28-29,34H,5-6,9-10,13-14,18,20,22-25H2,1-4H3/t28?,29?,34-,40+/m1/s1. The van der Waals surface area contributed by atoms with Crippen molar-refractivity contribution in [3.63, 3.8) is 0 Å². The van der Waals surface area contributed by atoms with E-state index in [0.717, 1.165) is 36.5 Å². The highest BCUT2D eigenvalue weighted by Crippen LogP contribution is 2.44. The highest BCUT2D eigenvalue weighted by molar-refractivity contribution is 7.89. The number of hydrogen-bond donors (Lipinski definition) is 0. The molecule has 282 valence electrons. The summed E-state index contributed by atoms with van der Waals surface area (Å²) in [6, 6.07) is 14.6. The molecule has 1 aliphatic carbocycles. The number of benzene rings is 2. The van der Waals surface area contributed by atoms with Crippen molar-refractivity contribution in [2.24, 2.45) is 17.3 Å². The maximum atomic E-state index is 14.7. The van der Waals surface area contributed by atoms with Gasteiger partial charge in [-0.1, -0.05) is 70.4 Å². The summed E-state index contributed by atoms with van der Waals surface area (Å²) in [7, 11) is -4.22. The van der Waals surface area contributed by atoms with Crippen molar-refractivity contribution in [3.8, 4) is 6.07 Å². The summed E-state index contributed by atoms with van der Waals surface area (Å²) < 4.78 is 55.9. The van der Waals surface area contributed by atoms with Gasteiger partial charge in [0.25, 0.3) is 5.56 Å². The van der Waals surface area contributed by atoms with E-state index < -0.39 is 45.0 Å². The Morgan fingerprint density at radius 2 is 1.72 bits per heavy atom. The van der Waals surface area contributed by atoms with Crippen LogP contribution in [0.4, 0.5) is 0 Å². The van der Waals surface area contributed by atoms with Gasteiger partial charge >= 0.3 is 11.9 Å². The van der Waals surface area contributed by atoms with Gasteiger partial charge in [-0.15, -0.1) is 0 Å². The van der Waals surface area contributed by atoms with Gasteiger partial charge in [-0.3, -0.25) is 9.59 Å². The highest BCUT2D eigenvalue weighted by atomic mass is 32.2. The van der Waals surface area contributed by atoms with Gasteiger partial charge in [0.15, 0.2) is 5.79 Å². The molecule has 2 saturated heterocycles. The average molecular weight is 746 g/mol. The number of sulfonamides is 1. The second kappa shape index (κ2) is 14.0. The molecule has 1 saturated carbocycles. The molecule has 13 heteroatoms. The lowest BCUT2D eigenvalue weighted by Gasteiger charge is -2.45. The zero-order valence-corrected chi connectivity index (χ0v) is 31.6. The number of fused-ring (bicyclic) bond motifs is 3. The van der Waals surface area contributed by atoms with Crippen molar-refractivity contribution in [3.05, 3.63) is 75.7 Å². The molecule has 0 radical (unpaired) electrons. The van der Waals surface area contributed by atoms with Gasteiger partial charge < -0.3 is 23.5 Å². The van der Waals surface area contributed by atoms with Crippen molar-refractivity contribution in [2.45, 2.75) is 102 Å². The van der Waals surface area contributed by atoms with Crippen LogP contribution in [0.2, 0.25) is 0 Å². The van der Waals surface area contributed by atoms with Crippen LogP contribution in [-0.4, -0.2) is 67.4 Å². The largest absolute Gasteiger partial charge is 0.463 e. The highest BCUT2D eigenvalue weighted by Gasteiger charge is 2.53. The molecule has 0 bridgehead atoms. The number of esters is 2. The number of carbonyl (C=O) groups is 2. The molecule has 12 nitrogen and oxygen atoms in total. The maximum absolute atomic E-state index is 14.7. The predicted molar refractivity (Wildman–Crippen MR) is 194 cm³/mol. The van der Waals surface area contributed by atoms with Crippen LogP contribution in [0.25, 0.3) is 10.8 Å². The molecule has 4 heterocycles. The molecule has 3 aliphatic heterocycles. The molecule has 7 rings (SSSR count). The van der Waals surface area contributed by atoms with Gasteiger partial charge in [0.2, 0.25) is 15.6 Å². The van der Waals surface area contributed by atoms with Gasteiger partial charge in [-0.25, -0.2) is 13.2 Å². The van der Waals surface area contributed by atoms with Crippen LogP contribution < -0.4 is 5.56 Å². The van der Waals surface area contributed by atoms with Crippen molar-refractivity contribution >= 4 is 32.7 Å². The van der Waals surface area contributed by atoms with E-state index >= 15 is 0 Å². The molecule has 1 aromatic heterocycles. The molecule has 2 unspecified atom stereocenters. The van der Waals surface area contributed by atoms with Crippen LogP contribution in [0.1, 0.15) is 83.0 Å². The van der Waals surface area contributed by atoms with Crippen LogP contribution >= 0.6 is 0 Å². The van der Waals surface area contributed by atoms with E-state index in [1.54, 1.807) is 32.0 Å². The SMILES string of the molecule is CCOC(=O)[C@@](CC)(OC(=O)[C@H]1CC2CCCCC2CN1S(=O)(=O)c1ccc2ccccc2c1)c1cc2n(c(=O)c1C#N)CC1(C2)OCC(C)(C)CO1. The zero-order valence-electron chi connectivity index (χ0n) is 30.8. The molecule has 0 N–H and O–H groups in total. The Labute approximate surface area is 310 Å². The third-order valence-corrected chi connectivity index (χ3v) is 13.4. The van der Waals surface area contributed by atoms with Crippen LogP contribution in [-0.2, 0) is 57.1 Å². The number of ether oxygens (including phenoxy) is 4. The van der Waals surface area contributed by atoms with E-state index in [0.29, 0.717) is 18.9 Å². The summed E-state index contributed by atoms with van der Waals surface area (Å²) in [6.45, 7) is 8.14.